The molecule has 1 aliphatic rings. The van der Waals surface area contributed by atoms with Crippen LogP contribution in [-0.2, 0) is 11.3 Å². The highest BCUT2D eigenvalue weighted by molar-refractivity contribution is 5.63. The fourth-order valence-corrected chi connectivity index (χ4v) is 4.13. The average molecular weight is 409 g/mol. The first kappa shape index (κ1) is 20.7. The van der Waals surface area contributed by atoms with Gasteiger partial charge in [-0.15, -0.1) is 0 Å². The molecule has 0 unspecified atom stereocenters. The number of aryl methyl sites for hydroxylation is 1. The number of halogens is 1. The third-order valence-electron chi connectivity index (χ3n) is 5.80. The second-order valence-electron chi connectivity index (χ2n) is 8.23. The molecule has 0 radical (unpaired) electrons. The SMILES string of the molecule is Cc1nn(C(C)C)c(C)c1CN1CCO[C@H](c2ccc(-c3ccccc3F)cn2)C1. The molecule has 0 aliphatic carbocycles. The second kappa shape index (κ2) is 8.66. The predicted molar refractivity (Wildman–Crippen MR) is 116 cm³/mol. The Labute approximate surface area is 177 Å². The Morgan fingerprint density at radius 3 is 2.63 bits per heavy atom. The molecular weight excluding hydrogens is 379 g/mol. The van der Waals surface area contributed by atoms with Crippen molar-refractivity contribution in [1.29, 1.82) is 0 Å². The minimum atomic E-state index is -0.236. The van der Waals surface area contributed by atoms with E-state index in [9.17, 15) is 4.39 Å². The minimum absolute atomic E-state index is 0.0887. The van der Waals surface area contributed by atoms with Crippen LogP contribution < -0.4 is 0 Å². The summed E-state index contributed by atoms with van der Waals surface area (Å²) >= 11 is 0. The third kappa shape index (κ3) is 4.16. The van der Waals surface area contributed by atoms with Crippen molar-refractivity contribution in [1.82, 2.24) is 19.7 Å². The summed E-state index contributed by atoms with van der Waals surface area (Å²) in [6, 6.07) is 11.0. The first-order valence-electron chi connectivity index (χ1n) is 10.5. The maximum Gasteiger partial charge on any atom is 0.131 e. The number of morpholine rings is 1. The molecular formula is C24H29FN4O. The quantitative estimate of drug-likeness (QED) is 0.605. The van der Waals surface area contributed by atoms with Gasteiger partial charge in [0.05, 0.1) is 18.0 Å². The molecule has 6 heteroatoms. The first-order chi connectivity index (χ1) is 14.4. The Kier molecular flexibility index (Phi) is 5.97. The number of hydrogen-bond acceptors (Lipinski definition) is 4. The van der Waals surface area contributed by atoms with Crippen molar-refractivity contribution in [2.75, 3.05) is 19.7 Å². The van der Waals surface area contributed by atoms with Gasteiger partial charge in [-0.1, -0.05) is 24.3 Å². The summed E-state index contributed by atoms with van der Waals surface area (Å²) < 4.78 is 22.1. The van der Waals surface area contributed by atoms with Gasteiger partial charge in [0.2, 0.25) is 0 Å². The number of ether oxygens (including phenoxy) is 1. The average Bonchev–Trinajstić information content (AvgIpc) is 3.03. The van der Waals surface area contributed by atoms with Gasteiger partial charge in [0.15, 0.2) is 0 Å². The first-order valence-corrected chi connectivity index (χ1v) is 10.5. The minimum Gasteiger partial charge on any atom is -0.369 e. The summed E-state index contributed by atoms with van der Waals surface area (Å²) in [6.45, 7) is 11.7. The van der Waals surface area contributed by atoms with Gasteiger partial charge in [-0.2, -0.15) is 5.10 Å². The molecule has 1 saturated heterocycles. The van der Waals surface area contributed by atoms with Crippen molar-refractivity contribution in [2.45, 2.75) is 46.4 Å². The highest BCUT2D eigenvalue weighted by atomic mass is 19.1. The zero-order chi connectivity index (χ0) is 21.3. The van der Waals surface area contributed by atoms with Crippen molar-refractivity contribution < 1.29 is 9.13 Å². The van der Waals surface area contributed by atoms with Crippen LogP contribution in [-0.4, -0.2) is 39.4 Å². The second-order valence-corrected chi connectivity index (χ2v) is 8.23. The molecule has 1 atom stereocenters. The van der Waals surface area contributed by atoms with Gasteiger partial charge in [-0.25, -0.2) is 4.39 Å². The summed E-state index contributed by atoms with van der Waals surface area (Å²) in [6.07, 6.45) is 1.64. The summed E-state index contributed by atoms with van der Waals surface area (Å²) in [7, 11) is 0. The summed E-state index contributed by atoms with van der Waals surface area (Å²) in [4.78, 5) is 6.99. The van der Waals surface area contributed by atoms with Crippen LogP contribution in [0.2, 0.25) is 0 Å². The van der Waals surface area contributed by atoms with E-state index in [1.54, 1.807) is 18.3 Å². The number of aromatic nitrogens is 3. The molecule has 0 spiro atoms. The maximum absolute atomic E-state index is 14.0. The van der Waals surface area contributed by atoms with E-state index in [2.05, 4.69) is 42.3 Å². The lowest BCUT2D eigenvalue weighted by atomic mass is 10.1. The van der Waals surface area contributed by atoms with Crippen LogP contribution in [0.4, 0.5) is 4.39 Å². The number of rotatable bonds is 5. The smallest absolute Gasteiger partial charge is 0.131 e. The molecule has 4 rings (SSSR count). The lowest BCUT2D eigenvalue weighted by Crippen LogP contribution is -2.38. The Morgan fingerprint density at radius 2 is 1.97 bits per heavy atom. The van der Waals surface area contributed by atoms with E-state index in [0.29, 0.717) is 18.2 Å². The normalized spacial score (nSPS) is 17.6. The van der Waals surface area contributed by atoms with E-state index in [0.717, 1.165) is 36.6 Å². The van der Waals surface area contributed by atoms with Crippen molar-refractivity contribution in [3.05, 3.63) is 71.1 Å². The van der Waals surface area contributed by atoms with Gasteiger partial charge in [-0.05, 0) is 39.8 Å². The molecule has 30 heavy (non-hydrogen) atoms. The molecule has 0 saturated carbocycles. The largest absolute Gasteiger partial charge is 0.369 e. The molecule has 5 nitrogen and oxygen atoms in total. The van der Waals surface area contributed by atoms with Gasteiger partial charge < -0.3 is 4.74 Å². The Bertz CT molecular complexity index is 1010. The number of benzene rings is 1. The number of pyridine rings is 1. The van der Waals surface area contributed by atoms with Crippen LogP contribution in [0.3, 0.4) is 0 Å². The standard InChI is InChI=1S/C24H29FN4O/c1-16(2)29-18(4)21(17(3)27-29)14-28-11-12-30-24(15-28)23-10-9-19(13-26-23)20-7-5-6-8-22(20)25/h5-10,13,16,24H,11-12,14-15H2,1-4H3/t24-/m0/s1. The Morgan fingerprint density at radius 1 is 1.17 bits per heavy atom. The third-order valence-corrected chi connectivity index (χ3v) is 5.80. The van der Waals surface area contributed by atoms with Gasteiger partial charge >= 0.3 is 0 Å². The van der Waals surface area contributed by atoms with E-state index in [1.807, 2.05) is 18.2 Å². The summed E-state index contributed by atoms with van der Waals surface area (Å²) in [5.74, 6) is -0.236. The molecule has 158 valence electrons. The van der Waals surface area contributed by atoms with Gasteiger partial charge in [0.25, 0.3) is 0 Å². The predicted octanol–water partition coefficient (Wildman–Crippen LogP) is 4.86. The van der Waals surface area contributed by atoms with Crippen molar-refractivity contribution in [2.24, 2.45) is 0 Å². The summed E-state index contributed by atoms with van der Waals surface area (Å²) in [5, 5.41) is 4.71. The zero-order valence-electron chi connectivity index (χ0n) is 18.1. The van der Waals surface area contributed by atoms with Crippen LogP contribution in [0, 0.1) is 19.7 Å². The van der Waals surface area contributed by atoms with Crippen molar-refractivity contribution in [3.63, 3.8) is 0 Å². The fourth-order valence-electron chi connectivity index (χ4n) is 4.13. The topological polar surface area (TPSA) is 43.2 Å². The van der Waals surface area contributed by atoms with Crippen LogP contribution in [0.5, 0.6) is 0 Å². The van der Waals surface area contributed by atoms with Gasteiger partial charge in [0, 0.05) is 54.3 Å². The molecule has 0 N–H and O–H groups in total. The van der Waals surface area contributed by atoms with E-state index in [-0.39, 0.29) is 11.9 Å². The number of hydrogen-bond donors (Lipinski definition) is 0. The lowest BCUT2D eigenvalue weighted by Gasteiger charge is -2.32. The van der Waals surface area contributed by atoms with Crippen LogP contribution >= 0.6 is 0 Å². The molecule has 3 heterocycles. The maximum atomic E-state index is 14.0. The number of nitrogens with zero attached hydrogens (tertiary/aromatic N) is 4. The van der Waals surface area contributed by atoms with Gasteiger partial charge in [-0.3, -0.25) is 14.6 Å². The van der Waals surface area contributed by atoms with Crippen LogP contribution in [0.15, 0.2) is 42.6 Å². The molecule has 3 aromatic rings. The van der Waals surface area contributed by atoms with Gasteiger partial charge in [0.1, 0.15) is 11.9 Å². The summed E-state index contributed by atoms with van der Waals surface area (Å²) in [5.41, 5.74) is 5.85. The van der Waals surface area contributed by atoms with Crippen molar-refractivity contribution >= 4 is 0 Å². The zero-order valence-corrected chi connectivity index (χ0v) is 18.1. The van der Waals surface area contributed by atoms with E-state index >= 15 is 0 Å². The molecule has 2 aromatic heterocycles. The molecule has 1 aliphatic heterocycles. The Balaban J connectivity index is 1.48. The highest BCUT2D eigenvalue weighted by Crippen LogP contribution is 2.27. The Hall–Kier alpha value is -2.57. The van der Waals surface area contributed by atoms with E-state index in [4.69, 9.17) is 9.84 Å². The van der Waals surface area contributed by atoms with E-state index in [1.165, 1.54) is 17.3 Å². The van der Waals surface area contributed by atoms with Crippen LogP contribution in [0.1, 0.15) is 48.6 Å². The fraction of sp³-hybridized carbons (Fsp3) is 0.417. The monoisotopic (exact) mass is 408 g/mol. The highest BCUT2D eigenvalue weighted by Gasteiger charge is 2.25. The molecule has 1 fully saturated rings. The molecule has 1 aromatic carbocycles. The molecule has 0 amide bonds. The van der Waals surface area contributed by atoms with E-state index < -0.39 is 0 Å². The van der Waals surface area contributed by atoms with Crippen LogP contribution in [0.25, 0.3) is 11.1 Å². The lowest BCUT2D eigenvalue weighted by molar-refractivity contribution is -0.0351. The molecule has 0 bridgehead atoms. The van der Waals surface area contributed by atoms with Crippen molar-refractivity contribution in [3.8, 4) is 11.1 Å².